The van der Waals surface area contributed by atoms with Gasteiger partial charge in [-0.2, -0.15) is 0 Å². The van der Waals surface area contributed by atoms with Gasteiger partial charge in [-0.25, -0.2) is 9.59 Å². The Kier molecular flexibility index (Phi) is 7.17. The van der Waals surface area contributed by atoms with Crippen LogP contribution in [0.2, 0.25) is 0 Å². The monoisotopic (exact) mass is 440 g/mol. The van der Waals surface area contributed by atoms with E-state index in [1.807, 2.05) is 0 Å². The van der Waals surface area contributed by atoms with Gasteiger partial charge in [0.1, 0.15) is 16.9 Å². The zero-order chi connectivity index (χ0) is 23.1. The summed E-state index contributed by atoms with van der Waals surface area (Å²) in [7, 11) is 0. The van der Waals surface area contributed by atoms with Crippen molar-refractivity contribution in [2.75, 3.05) is 19.8 Å². The molecule has 1 N–H and O–H groups in total. The number of non-ortho nitro benzene ring substituents is 1. The number of aryl methyl sites for hydroxylation is 1. The van der Waals surface area contributed by atoms with Crippen molar-refractivity contribution in [1.82, 2.24) is 5.32 Å². The average molecular weight is 440 g/mol. The van der Waals surface area contributed by atoms with Crippen LogP contribution in [0.1, 0.15) is 22.3 Å². The van der Waals surface area contributed by atoms with Crippen molar-refractivity contribution in [1.29, 1.82) is 0 Å². The van der Waals surface area contributed by atoms with E-state index in [1.54, 1.807) is 31.2 Å². The van der Waals surface area contributed by atoms with Gasteiger partial charge in [0, 0.05) is 24.1 Å². The smallest absolute Gasteiger partial charge is 0.349 e. The molecule has 0 atom stereocenters. The topological polar surface area (TPSA) is 138 Å². The maximum absolute atomic E-state index is 12.2. The molecule has 1 heterocycles. The summed E-state index contributed by atoms with van der Waals surface area (Å²) in [6.45, 7) is 1.49. The number of amides is 1. The molecule has 0 saturated heterocycles. The summed E-state index contributed by atoms with van der Waals surface area (Å²) in [5, 5.41) is 14.0. The molecule has 0 saturated carbocycles. The number of nitrogens with zero attached hydrogens (tertiary/aromatic N) is 1. The molecule has 0 unspecified atom stereocenters. The van der Waals surface area contributed by atoms with Gasteiger partial charge in [-0.1, -0.05) is 18.2 Å². The lowest BCUT2D eigenvalue weighted by atomic mass is 10.2. The van der Waals surface area contributed by atoms with Crippen molar-refractivity contribution >= 4 is 28.5 Å². The van der Waals surface area contributed by atoms with E-state index in [0.29, 0.717) is 28.7 Å². The molecule has 0 aliphatic heterocycles. The zero-order valence-electron chi connectivity index (χ0n) is 17.2. The van der Waals surface area contributed by atoms with Crippen LogP contribution in [-0.2, 0) is 9.53 Å². The molecule has 10 nitrogen and oxygen atoms in total. The Morgan fingerprint density at radius 3 is 2.69 bits per heavy atom. The highest BCUT2D eigenvalue weighted by molar-refractivity contribution is 5.96. The summed E-state index contributed by atoms with van der Waals surface area (Å²) in [4.78, 5) is 46.2. The van der Waals surface area contributed by atoms with E-state index in [9.17, 15) is 24.5 Å². The van der Waals surface area contributed by atoms with Crippen molar-refractivity contribution in [3.8, 4) is 5.75 Å². The molecule has 0 bridgehead atoms. The molecular weight excluding hydrogens is 420 g/mol. The van der Waals surface area contributed by atoms with E-state index >= 15 is 0 Å². The van der Waals surface area contributed by atoms with Crippen molar-refractivity contribution < 1.29 is 28.4 Å². The lowest BCUT2D eigenvalue weighted by Gasteiger charge is -2.09. The third-order valence-corrected chi connectivity index (χ3v) is 4.47. The first-order valence-corrected chi connectivity index (χ1v) is 9.69. The van der Waals surface area contributed by atoms with E-state index in [1.165, 1.54) is 24.3 Å². The Hall–Kier alpha value is -4.21. The lowest BCUT2D eigenvalue weighted by molar-refractivity contribution is -0.384. The molecule has 0 radical (unpaired) electrons. The standard InChI is InChI=1S/C22H20N2O8/c1-14-11-16(24(28)29)7-8-18(14)31-13-20(25)30-10-4-9-23-21(26)17-12-15-5-2-3-6-19(15)32-22(17)27/h2-3,5-8,11-12H,4,9-10,13H2,1H3,(H,23,26). The number of fused-ring (bicyclic) bond motifs is 1. The van der Waals surface area contributed by atoms with Crippen LogP contribution < -0.4 is 15.7 Å². The third-order valence-electron chi connectivity index (χ3n) is 4.47. The summed E-state index contributed by atoms with van der Waals surface area (Å²) in [5.41, 5.74) is 0.0137. The first-order chi connectivity index (χ1) is 15.3. The number of ether oxygens (including phenoxy) is 2. The van der Waals surface area contributed by atoms with Crippen LogP contribution in [0.3, 0.4) is 0 Å². The molecule has 166 valence electrons. The van der Waals surface area contributed by atoms with Crippen LogP contribution in [0.5, 0.6) is 5.75 Å². The SMILES string of the molecule is Cc1cc([N+](=O)[O-])ccc1OCC(=O)OCCCNC(=O)c1cc2ccccc2oc1=O. The molecule has 0 aliphatic rings. The molecular formula is C22H20N2O8. The average Bonchev–Trinajstić information content (AvgIpc) is 2.77. The number of hydrogen-bond acceptors (Lipinski definition) is 8. The highest BCUT2D eigenvalue weighted by Crippen LogP contribution is 2.23. The van der Waals surface area contributed by atoms with Gasteiger partial charge in [0.25, 0.3) is 11.6 Å². The molecule has 0 aliphatic carbocycles. The van der Waals surface area contributed by atoms with Gasteiger partial charge in [0.15, 0.2) is 6.61 Å². The van der Waals surface area contributed by atoms with E-state index in [4.69, 9.17) is 13.9 Å². The number of nitro benzene ring substituents is 1. The number of nitro groups is 1. The van der Waals surface area contributed by atoms with Crippen LogP contribution in [0.25, 0.3) is 11.0 Å². The van der Waals surface area contributed by atoms with Gasteiger partial charge < -0.3 is 19.2 Å². The number of carbonyl (C=O) groups excluding carboxylic acids is 2. The number of carbonyl (C=O) groups is 2. The largest absolute Gasteiger partial charge is 0.482 e. The predicted octanol–water partition coefficient (Wildman–Crippen LogP) is 2.75. The summed E-state index contributed by atoms with van der Waals surface area (Å²) in [5.74, 6) is -0.855. The molecule has 2 aromatic carbocycles. The van der Waals surface area contributed by atoms with Crippen LogP contribution in [0, 0.1) is 17.0 Å². The molecule has 32 heavy (non-hydrogen) atoms. The Morgan fingerprint density at radius 1 is 1.16 bits per heavy atom. The van der Waals surface area contributed by atoms with Crippen molar-refractivity contribution in [2.45, 2.75) is 13.3 Å². The molecule has 1 amide bonds. The minimum absolute atomic E-state index is 0.0358. The fourth-order valence-electron chi connectivity index (χ4n) is 2.86. The quantitative estimate of drug-likeness (QED) is 0.176. The molecule has 0 fully saturated rings. The first kappa shape index (κ1) is 22.5. The minimum Gasteiger partial charge on any atom is -0.482 e. The Labute approximate surface area is 181 Å². The summed E-state index contributed by atoms with van der Waals surface area (Å²) in [6.07, 6.45) is 0.326. The number of hydrogen-bond donors (Lipinski definition) is 1. The normalized spacial score (nSPS) is 10.5. The fraction of sp³-hybridized carbons (Fsp3) is 0.227. The first-order valence-electron chi connectivity index (χ1n) is 9.69. The van der Waals surface area contributed by atoms with Crippen LogP contribution >= 0.6 is 0 Å². The van der Waals surface area contributed by atoms with Crippen LogP contribution in [-0.4, -0.2) is 36.6 Å². The van der Waals surface area contributed by atoms with E-state index in [2.05, 4.69) is 5.32 Å². The molecule has 10 heteroatoms. The number of rotatable bonds is 9. The maximum atomic E-state index is 12.2. The van der Waals surface area contributed by atoms with E-state index in [-0.39, 0.29) is 31.0 Å². The molecule has 0 spiro atoms. The third kappa shape index (κ3) is 5.69. The highest BCUT2D eigenvalue weighted by Gasteiger charge is 2.14. The maximum Gasteiger partial charge on any atom is 0.349 e. The predicted molar refractivity (Wildman–Crippen MR) is 114 cm³/mol. The van der Waals surface area contributed by atoms with Gasteiger partial charge in [-0.15, -0.1) is 0 Å². The summed E-state index contributed by atoms with van der Waals surface area (Å²) in [6, 6.07) is 12.4. The number of nitrogens with one attached hydrogen (secondary N) is 1. The molecule has 1 aromatic heterocycles. The fourth-order valence-corrected chi connectivity index (χ4v) is 2.86. The van der Waals surface area contributed by atoms with Crippen LogP contribution in [0.4, 0.5) is 5.69 Å². The Morgan fingerprint density at radius 2 is 1.94 bits per heavy atom. The van der Waals surface area contributed by atoms with Crippen molar-refractivity contribution in [3.63, 3.8) is 0 Å². The van der Waals surface area contributed by atoms with Gasteiger partial charge in [-0.05, 0) is 37.1 Å². The van der Waals surface area contributed by atoms with Gasteiger partial charge in [0.05, 0.1) is 11.5 Å². The number of para-hydroxylation sites is 1. The zero-order valence-corrected chi connectivity index (χ0v) is 17.2. The second-order valence-electron chi connectivity index (χ2n) is 6.81. The number of benzene rings is 2. The van der Waals surface area contributed by atoms with Gasteiger partial charge in [0.2, 0.25) is 0 Å². The molecule has 3 aromatic rings. The Bertz CT molecular complexity index is 1220. The second kappa shape index (κ2) is 10.2. The highest BCUT2D eigenvalue weighted by atomic mass is 16.6. The minimum atomic E-state index is -0.730. The van der Waals surface area contributed by atoms with E-state index < -0.39 is 22.4 Å². The van der Waals surface area contributed by atoms with Gasteiger partial charge in [-0.3, -0.25) is 14.9 Å². The lowest BCUT2D eigenvalue weighted by Crippen LogP contribution is -2.29. The summed E-state index contributed by atoms with van der Waals surface area (Å²) < 4.78 is 15.5. The summed E-state index contributed by atoms with van der Waals surface area (Å²) >= 11 is 0. The second-order valence-corrected chi connectivity index (χ2v) is 6.81. The van der Waals surface area contributed by atoms with Crippen molar-refractivity contribution in [2.24, 2.45) is 0 Å². The van der Waals surface area contributed by atoms with Crippen LogP contribution in [0.15, 0.2) is 57.7 Å². The van der Waals surface area contributed by atoms with Gasteiger partial charge >= 0.3 is 11.6 Å². The van der Waals surface area contributed by atoms with E-state index in [0.717, 1.165) is 0 Å². The number of esters is 1. The Balaban J connectivity index is 1.39. The molecule has 3 rings (SSSR count). The van der Waals surface area contributed by atoms with Crippen molar-refractivity contribution in [3.05, 3.63) is 80.2 Å².